The van der Waals surface area contributed by atoms with E-state index in [1.807, 2.05) is 20.8 Å². The zero-order chi connectivity index (χ0) is 8.43. The summed E-state index contributed by atoms with van der Waals surface area (Å²) in [7, 11) is 0. The van der Waals surface area contributed by atoms with Crippen molar-refractivity contribution in [1.29, 1.82) is 0 Å². The Labute approximate surface area is 91.0 Å². The molecular formula is C8H15Cl2N3. The minimum Gasteiger partial charge on any atom is -0.326 e. The van der Waals surface area contributed by atoms with E-state index in [2.05, 4.69) is 9.97 Å². The smallest absolute Gasteiger partial charge is 0.125 e. The van der Waals surface area contributed by atoms with Gasteiger partial charge in [-0.05, 0) is 20.8 Å². The SMILES string of the molecule is Cc1nc(C)c(CN)c(C)n1.Cl.Cl. The van der Waals surface area contributed by atoms with Gasteiger partial charge >= 0.3 is 0 Å². The Morgan fingerprint density at radius 2 is 1.38 bits per heavy atom. The quantitative estimate of drug-likeness (QED) is 0.789. The van der Waals surface area contributed by atoms with Crippen molar-refractivity contribution in [3.63, 3.8) is 0 Å². The first-order valence-electron chi connectivity index (χ1n) is 3.66. The van der Waals surface area contributed by atoms with Gasteiger partial charge < -0.3 is 5.73 Å². The molecular weight excluding hydrogens is 209 g/mol. The van der Waals surface area contributed by atoms with Gasteiger partial charge in [0.2, 0.25) is 0 Å². The second-order valence-electron chi connectivity index (χ2n) is 2.62. The number of hydrogen-bond donors (Lipinski definition) is 1. The molecule has 0 saturated heterocycles. The third kappa shape index (κ3) is 3.46. The second-order valence-corrected chi connectivity index (χ2v) is 2.62. The molecule has 0 aliphatic carbocycles. The number of nitrogens with two attached hydrogens (primary N) is 1. The minimum atomic E-state index is 0. The van der Waals surface area contributed by atoms with Crippen LogP contribution in [0, 0.1) is 20.8 Å². The van der Waals surface area contributed by atoms with Gasteiger partial charge in [-0.1, -0.05) is 0 Å². The summed E-state index contributed by atoms with van der Waals surface area (Å²) in [5.74, 6) is 0.817. The van der Waals surface area contributed by atoms with Gasteiger partial charge in [0.25, 0.3) is 0 Å². The van der Waals surface area contributed by atoms with Gasteiger partial charge in [0.1, 0.15) is 5.82 Å². The van der Waals surface area contributed by atoms with Crippen LogP contribution >= 0.6 is 24.8 Å². The monoisotopic (exact) mass is 223 g/mol. The van der Waals surface area contributed by atoms with Gasteiger partial charge in [-0.2, -0.15) is 0 Å². The minimum absolute atomic E-state index is 0. The normalized spacial score (nSPS) is 8.62. The molecule has 0 fully saturated rings. The number of halogens is 2. The molecule has 13 heavy (non-hydrogen) atoms. The fraction of sp³-hybridized carbons (Fsp3) is 0.500. The molecule has 0 saturated carbocycles. The van der Waals surface area contributed by atoms with E-state index in [1.165, 1.54) is 0 Å². The van der Waals surface area contributed by atoms with Crippen molar-refractivity contribution < 1.29 is 0 Å². The molecule has 1 aromatic heterocycles. The Kier molecular flexibility index (Phi) is 7.13. The first-order chi connectivity index (χ1) is 5.15. The van der Waals surface area contributed by atoms with E-state index in [0.717, 1.165) is 22.8 Å². The van der Waals surface area contributed by atoms with Crippen molar-refractivity contribution in [3.8, 4) is 0 Å². The fourth-order valence-electron chi connectivity index (χ4n) is 1.20. The summed E-state index contributed by atoms with van der Waals surface area (Å²) in [5.41, 5.74) is 8.58. The highest BCUT2D eigenvalue weighted by atomic mass is 35.5. The van der Waals surface area contributed by atoms with Crippen LogP contribution in [0.3, 0.4) is 0 Å². The molecule has 0 atom stereocenters. The van der Waals surface area contributed by atoms with Gasteiger partial charge in [0.05, 0.1) is 0 Å². The topological polar surface area (TPSA) is 51.8 Å². The van der Waals surface area contributed by atoms with Crippen LogP contribution in [0.2, 0.25) is 0 Å². The summed E-state index contributed by atoms with van der Waals surface area (Å²) in [6.07, 6.45) is 0. The van der Waals surface area contributed by atoms with E-state index in [9.17, 15) is 0 Å². The van der Waals surface area contributed by atoms with Gasteiger partial charge in [-0.3, -0.25) is 0 Å². The number of rotatable bonds is 1. The highest BCUT2D eigenvalue weighted by molar-refractivity contribution is 5.85. The van der Waals surface area contributed by atoms with Gasteiger partial charge in [-0.25, -0.2) is 9.97 Å². The van der Waals surface area contributed by atoms with Crippen LogP contribution in [-0.4, -0.2) is 9.97 Å². The van der Waals surface area contributed by atoms with Crippen molar-refractivity contribution in [3.05, 3.63) is 22.8 Å². The number of nitrogens with zero attached hydrogens (tertiary/aromatic N) is 2. The van der Waals surface area contributed by atoms with Crippen molar-refractivity contribution in [2.24, 2.45) is 5.73 Å². The Balaban J connectivity index is 0. The van der Waals surface area contributed by atoms with Crippen LogP contribution in [-0.2, 0) is 6.54 Å². The molecule has 0 aromatic carbocycles. The van der Waals surface area contributed by atoms with E-state index in [1.54, 1.807) is 0 Å². The van der Waals surface area contributed by atoms with Gasteiger partial charge in [-0.15, -0.1) is 24.8 Å². The predicted molar refractivity (Wildman–Crippen MR) is 58.6 cm³/mol. The first-order valence-corrected chi connectivity index (χ1v) is 3.66. The third-order valence-corrected chi connectivity index (χ3v) is 1.74. The molecule has 0 spiro atoms. The van der Waals surface area contributed by atoms with Crippen LogP contribution < -0.4 is 5.73 Å². The van der Waals surface area contributed by atoms with Gasteiger partial charge in [0.15, 0.2) is 0 Å². The van der Waals surface area contributed by atoms with Crippen molar-refractivity contribution in [1.82, 2.24) is 9.97 Å². The average molecular weight is 224 g/mol. The standard InChI is InChI=1S/C8H13N3.2ClH/c1-5-8(4-9)6(2)11-7(3)10-5;;/h4,9H2,1-3H3;2*1H. The van der Waals surface area contributed by atoms with Crippen molar-refractivity contribution in [2.45, 2.75) is 27.3 Å². The van der Waals surface area contributed by atoms with E-state index in [4.69, 9.17) is 5.73 Å². The van der Waals surface area contributed by atoms with Gasteiger partial charge in [0, 0.05) is 23.5 Å². The maximum Gasteiger partial charge on any atom is 0.125 e. The molecule has 0 unspecified atom stereocenters. The lowest BCUT2D eigenvalue weighted by Crippen LogP contribution is -2.07. The predicted octanol–water partition coefficient (Wildman–Crippen LogP) is 1.70. The summed E-state index contributed by atoms with van der Waals surface area (Å²) in [6, 6.07) is 0. The molecule has 2 N–H and O–H groups in total. The highest BCUT2D eigenvalue weighted by Gasteiger charge is 2.02. The maximum absolute atomic E-state index is 5.52. The molecule has 0 aliphatic rings. The lowest BCUT2D eigenvalue weighted by atomic mass is 10.2. The first kappa shape index (κ1) is 15.1. The number of aromatic nitrogens is 2. The largest absolute Gasteiger partial charge is 0.326 e. The number of hydrogen-bond acceptors (Lipinski definition) is 3. The molecule has 1 rings (SSSR count). The Morgan fingerprint density at radius 1 is 1.00 bits per heavy atom. The lowest BCUT2D eigenvalue weighted by Gasteiger charge is -2.05. The van der Waals surface area contributed by atoms with E-state index >= 15 is 0 Å². The Hall–Kier alpha value is -0.380. The summed E-state index contributed by atoms with van der Waals surface area (Å²) in [5, 5.41) is 0. The number of aryl methyl sites for hydroxylation is 3. The van der Waals surface area contributed by atoms with Crippen LogP contribution in [0.15, 0.2) is 0 Å². The lowest BCUT2D eigenvalue weighted by molar-refractivity contribution is 0.897. The van der Waals surface area contributed by atoms with Crippen LogP contribution in [0.25, 0.3) is 0 Å². The van der Waals surface area contributed by atoms with Crippen molar-refractivity contribution in [2.75, 3.05) is 0 Å². The molecule has 3 nitrogen and oxygen atoms in total. The molecule has 1 aromatic rings. The van der Waals surface area contributed by atoms with Crippen LogP contribution in [0.5, 0.6) is 0 Å². The zero-order valence-corrected chi connectivity index (χ0v) is 9.63. The molecule has 0 bridgehead atoms. The summed E-state index contributed by atoms with van der Waals surface area (Å²) >= 11 is 0. The molecule has 5 heteroatoms. The maximum atomic E-state index is 5.52. The highest BCUT2D eigenvalue weighted by Crippen LogP contribution is 2.07. The van der Waals surface area contributed by atoms with Crippen molar-refractivity contribution >= 4 is 24.8 Å². The second kappa shape index (κ2) is 6.13. The summed E-state index contributed by atoms with van der Waals surface area (Å²) < 4.78 is 0. The van der Waals surface area contributed by atoms with E-state index in [0.29, 0.717) is 6.54 Å². The molecule has 1 heterocycles. The molecule has 76 valence electrons. The van der Waals surface area contributed by atoms with E-state index in [-0.39, 0.29) is 24.8 Å². The Morgan fingerprint density at radius 3 is 1.69 bits per heavy atom. The Bertz CT molecular complexity index is 253. The van der Waals surface area contributed by atoms with Crippen LogP contribution in [0.1, 0.15) is 22.8 Å². The van der Waals surface area contributed by atoms with Crippen LogP contribution in [0.4, 0.5) is 0 Å². The summed E-state index contributed by atoms with van der Waals surface area (Å²) in [6.45, 7) is 6.34. The molecule has 0 amide bonds. The molecule has 0 radical (unpaired) electrons. The summed E-state index contributed by atoms with van der Waals surface area (Å²) in [4.78, 5) is 8.43. The molecule has 0 aliphatic heterocycles. The average Bonchev–Trinajstić information content (AvgIpc) is 1.85. The van der Waals surface area contributed by atoms with E-state index < -0.39 is 0 Å². The fourth-order valence-corrected chi connectivity index (χ4v) is 1.20. The third-order valence-electron chi connectivity index (χ3n) is 1.74. The zero-order valence-electron chi connectivity index (χ0n) is 8.00.